The molecule has 1 saturated heterocycles. The molecule has 3 rings (SSSR count). The molecule has 134 valence electrons. The van der Waals surface area contributed by atoms with E-state index in [2.05, 4.69) is 38.9 Å². The van der Waals surface area contributed by atoms with Crippen molar-refractivity contribution in [1.82, 2.24) is 19.8 Å². The number of aliphatic hydroxyl groups is 1. The van der Waals surface area contributed by atoms with Crippen LogP contribution in [0, 0.1) is 0 Å². The van der Waals surface area contributed by atoms with Gasteiger partial charge in [0.2, 0.25) is 5.88 Å². The molecular weight excluding hydrogens is 316 g/mol. The number of hydrogen-bond donors (Lipinski definition) is 1. The number of nitrogens with zero attached hydrogens (tertiary/aromatic N) is 4. The summed E-state index contributed by atoms with van der Waals surface area (Å²) in [5.41, 5.74) is 1.22. The van der Waals surface area contributed by atoms with Crippen molar-refractivity contribution in [3.05, 3.63) is 48.4 Å². The second-order valence-electron chi connectivity index (χ2n) is 6.52. The van der Waals surface area contributed by atoms with Crippen LogP contribution in [0.3, 0.4) is 0 Å². The highest BCUT2D eigenvalue weighted by Gasteiger charge is 2.22. The number of likely N-dealkylation sites (tertiary alicyclic amines) is 1. The van der Waals surface area contributed by atoms with Crippen LogP contribution >= 0.6 is 0 Å². The third kappa shape index (κ3) is 5.22. The lowest BCUT2D eigenvalue weighted by Crippen LogP contribution is -2.44. The molecule has 1 fully saturated rings. The SMILES string of the molecule is CN1CCC(N(CCO)Cc2ccc(Oc3cnccn3)cc2)CC1. The zero-order valence-electron chi connectivity index (χ0n) is 14.7. The van der Waals surface area contributed by atoms with Crippen LogP contribution < -0.4 is 4.74 Å². The van der Waals surface area contributed by atoms with Crippen LogP contribution in [0.15, 0.2) is 42.9 Å². The summed E-state index contributed by atoms with van der Waals surface area (Å²) in [7, 11) is 2.17. The molecule has 0 radical (unpaired) electrons. The summed E-state index contributed by atoms with van der Waals surface area (Å²) in [5, 5.41) is 9.42. The summed E-state index contributed by atoms with van der Waals surface area (Å²) >= 11 is 0. The maximum atomic E-state index is 9.42. The van der Waals surface area contributed by atoms with Gasteiger partial charge in [0.1, 0.15) is 5.75 Å². The first-order chi connectivity index (χ1) is 12.2. The summed E-state index contributed by atoms with van der Waals surface area (Å²) in [4.78, 5) is 12.9. The van der Waals surface area contributed by atoms with E-state index in [4.69, 9.17) is 4.74 Å². The Morgan fingerprint density at radius 2 is 1.96 bits per heavy atom. The Labute approximate surface area is 149 Å². The van der Waals surface area contributed by atoms with Gasteiger partial charge in [-0.15, -0.1) is 0 Å². The van der Waals surface area contributed by atoms with Crippen molar-refractivity contribution >= 4 is 0 Å². The molecule has 0 atom stereocenters. The van der Waals surface area contributed by atoms with Crippen LogP contribution in [0.2, 0.25) is 0 Å². The molecule has 1 N–H and O–H groups in total. The highest BCUT2D eigenvalue weighted by atomic mass is 16.5. The van der Waals surface area contributed by atoms with Gasteiger partial charge in [0.05, 0.1) is 12.8 Å². The van der Waals surface area contributed by atoms with E-state index < -0.39 is 0 Å². The maximum Gasteiger partial charge on any atom is 0.237 e. The van der Waals surface area contributed by atoms with Gasteiger partial charge in [-0.05, 0) is 50.7 Å². The van der Waals surface area contributed by atoms with Crippen molar-refractivity contribution in [2.75, 3.05) is 33.3 Å². The summed E-state index contributed by atoms with van der Waals surface area (Å²) in [6.45, 7) is 4.00. The predicted molar refractivity (Wildman–Crippen MR) is 96.6 cm³/mol. The minimum atomic E-state index is 0.195. The smallest absolute Gasteiger partial charge is 0.237 e. The van der Waals surface area contributed by atoms with Crippen LogP contribution in [0.1, 0.15) is 18.4 Å². The number of aliphatic hydroxyl groups excluding tert-OH is 1. The van der Waals surface area contributed by atoms with E-state index in [-0.39, 0.29) is 6.61 Å². The molecule has 0 unspecified atom stereocenters. The van der Waals surface area contributed by atoms with Crippen LogP contribution in [0.25, 0.3) is 0 Å². The molecule has 1 aliphatic heterocycles. The lowest BCUT2D eigenvalue weighted by Gasteiger charge is -2.37. The predicted octanol–water partition coefficient (Wildman–Crippen LogP) is 2.16. The van der Waals surface area contributed by atoms with Gasteiger partial charge in [0.15, 0.2) is 0 Å². The van der Waals surface area contributed by atoms with E-state index in [1.807, 2.05) is 12.1 Å². The fourth-order valence-corrected chi connectivity index (χ4v) is 3.24. The lowest BCUT2D eigenvalue weighted by molar-refractivity contribution is 0.0941. The lowest BCUT2D eigenvalue weighted by atomic mass is 10.0. The number of benzene rings is 1. The minimum absolute atomic E-state index is 0.195. The van der Waals surface area contributed by atoms with Gasteiger partial charge >= 0.3 is 0 Å². The van der Waals surface area contributed by atoms with E-state index >= 15 is 0 Å². The molecule has 0 amide bonds. The maximum absolute atomic E-state index is 9.42. The zero-order chi connectivity index (χ0) is 17.5. The molecular formula is C19H26N4O2. The van der Waals surface area contributed by atoms with Gasteiger partial charge in [0.25, 0.3) is 0 Å². The average Bonchev–Trinajstić information content (AvgIpc) is 2.64. The van der Waals surface area contributed by atoms with Crippen molar-refractivity contribution < 1.29 is 9.84 Å². The second-order valence-corrected chi connectivity index (χ2v) is 6.52. The van der Waals surface area contributed by atoms with Crippen molar-refractivity contribution in [2.24, 2.45) is 0 Å². The van der Waals surface area contributed by atoms with Crippen LogP contribution in [-0.2, 0) is 6.54 Å². The topological polar surface area (TPSA) is 61.7 Å². The first kappa shape index (κ1) is 17.8. The van der Waals surface area contributed by atoms with Gasteiger partial charge in [0, 0.05) is 31.5 Å². The molecule has 0 spiro atoms. The Bertz CT molecular complexity index is 628. The molecule has 0 bridgehead atoms. The fourth-order valence-electron chi connectivity index (χ4n) is 3.24. The molecule has 1 aromatic carbocycles. The van der Waals surface area contributed by atoms with Gasteiger partial charge in [-0.3, -0.25) is 9.88 Å². The molecule has 6 nitrogen and oxygen atoms in total. The molecule has 0 aliphatic carbocycles. The third-order valence-electron chi connectivity index (χ3n) is 4.66. The van der Waals surface area contributed by atoms with E-state index in [0.29, 0.717) is 18.5 Å². The van der Waals surface area contributed by atoms with E-state index in [9.17, 15) is 5.11 Å². The molecule has 1 aliphatic rings. The summed E-state index contributed by atoms with van der Waals surface area (Å²) in [6, 6.07) is 8.60. The fraction of sp³-hybridized carbons (Fsp3) is 0.474. The monoisotopic (exact) mass is 342 g/mol. The molecule has 0 saturated carbocycles. The Hall–Kier alpha value is -2.02. The number of hydrogen-bond acceptors (Lipinski definition) is 6. The number of rotatable bonds is 7. The molecule has 2 heterocycles. The van der Waals surface area contributed by atoms with Crippen molar-refractivity contribution in [1.29, 1.82) is 0 Å². The number of piperidine rings is 1. The van der Waals surface area contributed by atoms with Crippen molar-refractivity contribution in [3.8, 4) is 11.6 Å². The largest absolute Gasteiger partial charge is 0.438 e. The van der Waals surface area contributed by atoms with Gasteiger partial charge in [-0.25, -0.2) is 4.98 Å². The van der Waals surface area contributed by atoms with Crippen LogP contribution in [0.5, 0.6) is 11.6 Å². The standard InChI is InChI=1S/C19H26N4O2/c1-22-10-6-17(7-11-22)23(12-13-24)15-16-2-4-18(5-3-16)25-19-14-20-8-9-21-19/h2-5,8-9,14,17,24H,6-7,10-13,15H2,1H3. The Morgan fingerprint density at radius 1 is 1.20 bits per heavy atom. The number of aromatic nitrogens is 2. The molecule has 6 heteroatoms. The molecule has 1 aromatic heterocycles. The van der Waals surface area contributed by atoms with Crippen molar-refractivity contribution in [2.45, 2.75) is 25.4 Å². The highest BCUT2D eigenvalue weighted by Crippen LogP contribution is 2.21. The first-order valence-corrected chi connectivity index (χ1v) is 8.81. The quantitative estimate of drug-likeness (QED) is 0.832. The Morgan fingerprint density at radius 3 is 2.60 bits per heavy atom. The minimum Gasteiger partial charge on any atom is -0.438 e. The van der Waals surface area contributed by atoms with Gasteiger partial charge < -0.3 is 14.7 Å². The van der Waals surface area contributed by atoms with Crippen LogP contribution in [0.4, 0.5) is 0 Å². The van der Waals surface area contributed by atoms with Crippen LogP contribution in [-0.4, -0.2) is 64.2 Å². The Balaban J connectivity index is 1.60. The Kier molecular flexibility index (Phi) is 6.33. The van der Waals surface area contributed by atoms with Gasteiger partial charge in [-0.2, -0.15) is 0 Å². The molecule has 25 heavy (non-hydrogen) atoms. The van der Waals surface area contributed by atoms with E-state index in [1.165, 1.54) is 5.56 Å². The van der Waals surface area contributed by atoms with Crippen molar-refractivity contribution in [3.63, 3.8) is 0 Å². The molecule has 2 aromatic rings. The van der Waals surface area contributed by atoms with Gasteiger partial charge in [-0.1, -0.05) is 12.1 Å². The normalized spacial score (nSPS) is 16.3. The second kappa shape index (κ2) is 8.89. The van der Waals surface area contributed by atoms with E-state index in [0.717, 1.165) is 38.2 Å². The first-order valence-electron chi connectivity index (χ1n) is 8.81. The zero-order valence-corrected chi connectivity index (χ0v) is 14.7. The van der Waals surface area contributed by atoms with E-state index in [1.54, 1.807) is 18.6 Å². The number of ether oxygens (including phenoxy) is 1. The average molecular weight is 342 g/mol. The summed E-state index contributed by atoms with van der Waals surface area (Å²) in [5.74, 6) is 1.24. The highest BCUT2D eigenvalue weighted by molar-refractivity contribution is 5.29. The third-order valence-corrected chi connectivity index (χ3v) is 4.66. The summed E-state index contributed by atoms with van der Waals surface area (Å²) in [6.07, 6.45) is 7.14. The summed E-state index contributed by atoms with van der Waals surface area (Å²) < 4.78 is 5.68.